The zero-order chi connectivity index (χ0) is 17.2. The maximum absolute atomic E-state index is 6.18. The zero-order valence-electron chi connectivity index (χ0n) is 14.8. The van der Waals surface area contributed by atoms with Gasteiger partial charge < -0.3 is 10.1 Å². The minimum atomic E-state index is 0.611. The number of aryl methyl sites for hydroxylation is 2. The van der Waals surface area contributed by atoms with Crippen LogP contribution < -0.4 is 10.1 Å². The third-order valence-electron chi connectivity index (χ3n) is 5.02. The van der Waals surface area contributed by atoms with E-state index in [1.807, 2.05) is 30.3 Å². The molecule has 130 valence electrons. The van der Waals surface area contributed by atoms with Gasteiger partial charge in [-0.3, -0.25) is 4.68 Å². The highest BCUT2D eigenvalue weighted by molar-refractivity contribution is 6.00. The van der Waals surface area contributed by atoms with E-state index in [2.05, 4.69) is 40.5 Å². The van der Waals surface area contributed by atoms with Crippen molar-refractivity contribution in [2.45, 2.75) is 19.8 Å². The van der Waals surface area contributed by atoms with Gasteiger partial charge in [0.1, 0.15) is 0 Å². The van der Waals surface area contributed by atoms with Gasteiger partial charge in [0.25, 0.3) is 0 Å². The number of fused-ring (bicyclic) bond motifs is 1. The topological polar surface area (TPSA) is 52.0 Å². The first kappa shape index (κ1) is 16.1. The van der Waals surface area contributed by atoms with Crippen LogP contribution in [0.4, 0.5) is 0 Å². The Morgan fingerprint density at radius 1 is 1.24 bits per heavy atom. The lowest BCUT2D eigenvalue weighted by Crippen LogP contribution is -2.30. The number of nitrogens with zero attached hydrogens (tertiary/aromatic N) is 3. The second kappa shape index (κ2) is 6.84. The van der Waals surface area contributed by atoms with Crippen molar-refractivity contribution >= 4 is 10.8 Å². The number of aromatic nitrogens is 3. The van der Waals surface area contributed by atoms with Crippen LogP contribution in [0.5, 0.6) is 5.88 Å². The molecule has 0 bridgehead atoms. The van der Waals surface area contributed by atoms with Crippen molar-refractivity contribution in [3.8, 4) is 17.0 Å². The van der Waals surface area contributed by atoms with Crippen molar-refractivity contribution in [3.63, 3.8) is 0 Å². The molecular formula is C20H24N4O. The monoisotopic (exact) mass is 336 g/mol. The van der Waals surface area contributed by atoms with Crippen LogP contribution in [-0.4, -0.2) is 34.5 Å². The smallest absolute Gasteiger partial charge is 0.221 e. The van der Waals surface area contributed by atoms with E-state index in [1.165, 1.54) is 23.8 Å². The number of pyridine rings is 1. The van der Waals surface area contributed by atoms with Crippen LogP contribution in [0.3, 0.4) is 0 Å². The molecule has 0 saturated carbocycles. The summed E-state index contributed by atoms with van der Waals surface area (Å²) in [6.45, 7) is 5.03. The molecule has 1 aliphatic rings. The number of hydrogen-bond acceptors (Lipinski definition) is 4. The van der Waals surface area contributed by atoms with Crippen molar-refractivity contribution in [1.29, 1.82) is 0 Å². The van der Waals surface area contributed by atoms with Crippen LogP contribution >= 0.6 is 0 Å². The summed E-state index contributed by atoms with van der Waals surface area (Å²) in [6.07, 6.45) is 8.16. The van der Waals surface area contributed by atoms with Gasteiger partial charge in [-0.05, 0) is 49.7 Å². The van der Waals surface area contributed by atoms with Crippen molar-refractivity contribution in [1.82, 2.24) is 20.1 Å². The quantitative estimate of drug-likeness (QED) is 0.794. The molecule has 1 saturated heterocycles. The van der Waals surface area contributed by atoms with Crippen LogP contribution in [0.15, 0.2) is 36.8 Å². The van der Waals surface area contributed by atoms with E-state index in [4.69, 9.17) is 4.74 Å². The largest absolute Gasteiger partial charge is 0.477 e. The molecular weight excluding hydrogens is 312 g/mol. The van der Waals surface area contributed by atoms with Crippen LogP contribution in [0.25, 0.3) is 21.9 Å². The van der Waals surface area contributed by atoms with E-state index in [1.54, 1.807) is 0 Å². The van der Waals surface area contributed by atoms with Gasteiger partial charge in [0.15, 0.2) is 0 Å². The molecule has 1 aliphatic heterocycles. The number of hydrogen-bond donors (Lipinski definition) is 1. The second-order valence-corrected chi connectivity index (χ2v) is 6.88. The average molecular weight is 336 g/mol. The molecule has 2 aromatic heterocycles. The highest BCUT2D eigenvalue weighted by atomic mass is 16.5. The van der Waals surface area contributed by atoms with Gasteiger partial charge in [0.2, 0.25) is 5.88 Å². The lowest BCUT2D eigenvalue weighted by atomic mass is 9.99. The predicted octanol–water partition coefficient (Wildman–Crippen LogP) is 3.32. The van der Waals surface area contributed by atoms with Crippen molar-refractivity contribution < 1.29 is 4.74 Å². The molecule has 4 rings (SSSR count). The van der Waals surface area contributed by atoms with Crippen LogP contribution in [0, 0.1) is 12.8 Å². The molecule has 1 N–H and O–H groups in total. The van der Waals surface area contributed by atoms with Crippen LogP contribution in [0.1, 0.15) is 18.4 Å². The Morgan fingerprint density at radius 2 is 2.08 bits per heavy atom. The highest BCUT2D eigenvalue weighted by Crippen LogP contribution is 2.34. The lowest BCUT2D eigenvalue weighted by molar-refractivity contribution is 0.211. The fourth-order valence-electron chi connectivity index (χ4n) is 3.58. The van der Waals surface area contributed by atoms with Gasteiger partial charge in [-0.25, -0.2) is 4.98 Å². The van der Waals surface area contributed by atoms with Gasteiger partial charge in [0.05, 0.1) is 12.8 Å². The Labute approximate surface area is 148 Å². The summed E-state index contributed by atoms with van der Waals surface area (Å²) in [4.78, 5) is 4.66. The first-order valence-corrected chi connectivity index (χ1v) is 8.93. The first-order chi connectivity index (χ1) is 12.2. The number of rotatable bonds is 4. The van der Waals surface area contributed by atoms with Gasteiger partial charge in [0, 0.05) is 36.0 Å². The highest BCUT2D eigenvalue weighted by Gasteiger charge is 2.17. The van der Waals surface area contributed by atoms with Crippen LogP contribution in [0.2, 0.25) is 0 Å². The third kappa shape index (κ3) is 3.24. The predicted molar refractivity (Wildman–Crippen MR) is 99.8 cm³/mol. The molecule has 25 heavy (non-hydrogen) atoms. The summed E-state index contributed by atoms with van der Waals surface area (Å²) in [5.41, 5.74) is 3.37. The second-order valence-electron chi connectivity index (χ2n) is 6.88. The molecule has 5 heteroatoms. The molecule has 1 fully saturated rings. The molecule has 0 atom stereocenters. The minimum Gasteiger partial charge on any atom is -0.477 e. The van der Waals surface area contributed by atoms with Gasteiger partial charge in [-0.1, -0.05) is 18.2 Å². The van der Waals surface area contributed by atoms with E-state index in [0.29, 0.717) is 5.92 Å². The first-order valence-electron chi connectivity index (χ1n) is 8.93. The van der Waals surface area contributed by atoms with Gasteiger partial charge in [-0.15, -0.1) is 0 Å². The Hall–Kier alpha value is -2.40. The van der Waals surface area contributed by atoms with E-state index in [0.717, 1.165) is 42.1 Å². The van der Waals surface area contributed by atoms with E-state index < -0.39 is 0 Å². The maximum Gasteiger partial charge on any atom is 0.221 e. The Balaban J connectivity index is 1.70. The molecule has 5 nitrogen and oxygen atoms in total. The molecule has 3 heterocycles. The van der Waals surface area contributed by atoms with Gasteiger partial charge >= 0.3 is 0 Å². The molecule has 0 radical (unpaired) electrons. The standard InChI is InChI=1S/C20H24N4O/c1-14-4-3-5-17-18(16-10-23-24(2)12-16)11-22-20(19(14)17)25-13-15-6-8-21-9-7-15/h3-5,10-12,15,21H,6-9,13H2,1-2H3. The summed E-state index contributed by atoms with van der Waals surface area (Å²) in [5, 5.41) is 9.97. The zero-order valence-corrected chi connectivity index (χ0v) is 14.8. The summed E-state index contributed by atoms with van der Waals surface area (Å²) in [6, 6.07) is 6.35. The lowest BCUT2D eigenvalue weighted by Gasteiger charge is -2.23. The molecule has 0 aliphatic carbocycles. The normalized spacial score (nSPS) is 15.6. The summed E-state index contributed by atoms with van der Waals surface area (Å²) < 4.78 is 7.99. The Bertz CT molecular complexity index is 881. The number of ether oxygens (including phenoxy) is 1. The Morgan fingerprint density at radius 3 is 2.84 bits per heavy atom. The summed E-state index contributed by atoms with van der Waals surface area (Å²) in [5.74, 6) is 1.36. The maximum atomic E-state index is 6.18. The molecule has 0 amide bonds. The average Bonchev–Trinajstić information content (AvgIpc) is 3.07. The fourth-order valence-corrected chi connectivity index (χ4v) is 3.58. The Kier molecular flexibility index (Phi) is 4.40. The molecule has 0 unspecified atom stereocenters. The van der Waals surface area contributed by atoms with Crippen LogP contribution in [-0.2, 0) is 7.05 Å². The summed E-state index contributed by atoms with van der Waals surface area (Å²) >= 11 is 0. The molecule has 3 aromatic rings. The van der Waals surface area contributed by atoms with Crippen molar-refractivity contribution in [2.24, 2.45) is 13.0 Å². The summed E-state index contributed by atoms with van der Waals surface area (Å²) in [7, 11) is 1.93. The minimum absolute atomic E-state index is 0.611. The van der Waals surface area contributed by atoms with E-state index >= 15 is 0 Å². The number of piperidine rings is 1. The van der Waals surface area contributed by atoms with E-state index in [9.17, 15) is 0 Å². The molecule has 0 spiro atoms. The van der Waals surface area contributed by atoms with Gasteiger partial charge in [-0.2, -0.15) is 5.10 Å². The van der Waals surface area contributed by atoms with E-state index in [-0.39, 0.29) is 0 Å². The number of benzene rings is 1. The fraction of sp³-hybridized carbons (Fsp3) is 0.400. The van der Waals surface area contributed by atoms with Crippen molar-refractivity contribution in [3.05, 3.63) is 42.4 Å². The molecule has 1 aromatic carbocycles. The third-order valence-corrected chi connectivity index (χ3v) is 5.02. The number of nitrogens with one attached hydrogen (secondary N) is 1. The van der Waals surface area contributed by atoms with Crippen molar-refractivity contribution in [2.75, 3.05) is 19.7 Å². The SMILES string of the molecule is Cc1cccc2c(-c3cnn(C)c3)cnc(OCC3CCNCC3)c12.